The third kappa shape index (κ3) is 4.87. The zero-order valence-electron chi connectivity index (χ0n) is 17.2. The van der Waals surface area contributed by atoms with Gasteiger partial charge in [-0.3, -0.25) is 9.59 Å². The Morgan fingerprint density at radius 2 is 1.86 bits per heavy atom. The summed E-state index contributed by atoms with van der Waals surface area (Å²) < 4.78 is 4.91. The molecule has 0 radical (unpaired) electrons. The van der Waals surface area contributed by atoms with Crippen LogP contribution in [0.15, 0.2) is 36.4 Å². The number of aryl methyl sites for hydroxylation is 2. The molecule has 3 rings (SSSR count). The highest BCUT2D eigenvalue weighted by molar-refractivity contribution is 5.97. The van der Waals surface area contributed by atoms with Crippen molar-refractivity contribution in [3.63, 3.8) is 0 Å². The Hall–Kier alpha value is -2.46. The Balaban J connectivity index is 1.77. The average Bonchev–Trinajstić information content (AvgIpc) is 2.65. The minimum Gasteiger partial charge on any atom is -0.469 e. The van der Waals surface area contributed by atoms with E-state index < -0.39 is 0 Å². The largest absolute Gasteiger partial charge is 0.469 e. The Kier molecular flexibility index (Phi) is 6.30. The van der Waals surface area contributed by atoms with E-state index in [1.807, 2.05) is 39.2 Å². The number of benzene rings is 2. The van der Waals surface area contributed by atoms with Gasteiger partial charge in [0.2, 0.25) is 0 Å². The van der Waals surface area contributed by atoms with Crippen molar-refractivity contribution in [3.8, 4) is 0 Å². The van der Waals surface area contributed by atoms with Crippen molar-refractivity contribution in [2.45, 2.75) is 39.2 Å². The molecule has 0 saturated heterocycles. The number of methoxy groups -OCH3 is 1. The zero-order valence-corrected chi connectivity index (χ0v) is 17.2. The van der Waals surface area contributed by atoms with Crippen LogP contribution in [-0.4, -0.2) is 37.9 Å². The average molecular weight is 380 g/mol. The van der Waals surface area contributed by atoms with E-state index in [0.717, 1.165) is 41.6 Å². The van der Waals surface area contributed by atoms with Crippen LogP contribution in [0.3, 0.4) is 0 Å². The molecule has 0 aliphatic heterocycles. The summed E-state index contributed by atoms with van der Waals surface area (Å²) in [6, 6.07) is 12.3. The summed E-state index contributed by atoms with van der Waals surface area (Å²) >= 11 is 0. The number of hydrogen-bond donors (Lipinski definition) is 0. The van der Waals surface area contributed by atoms with Crippen LogP contribution in [-0.2, 0) is 35.3 Å². The molecule has 2 aromatic carbocycles. The number of ether oxygens (including phenoxy) is 1. The fraction of sp³-hybridized carbons (Fsp3) is 0.417. The summed E-state index contributed by atoms with van der Waals surface area (Å²) in [7, 11) is 5.50. The molecule has 148 valence electrons. The molecule has 0 bridgehead atoms. The highest BCUT2D eigenvalue weighted by Crippen LogP contribution is 2.27. The fourth-order valence-corrected chi connectivity index (χ4v) is 4.06. The van der Waals surface area contributed by atoms with Crippen LogP contribution in [0.5, 0.6) is 0 Å². The lowest BCUT2D eigenvalue weighted by Crippen LogP contribution is -2.23. The summed E-state index contributed by atoms with van der Waals surface area (Å²) in [4.78, 5) is 26.9. The summed E-state index contributed by atoms with van der Waals surface area (Å²) in [5, 5.41) is 0. The van der Waals surface area contributed by atoms with Gasteiger partial charge in [0.05, 0.1) is 13.0 Å². The summed E-state index contributed by atoms with van der Waals surface area (Å²) in [6.07, 6.45) is 2.79. The first kappa shape index (κ1) is 20.3. The van der Waals surface area contributed by atoms with Gasteiger partial charge < -0.3 is 9.64 Å². The monoisotopic (exact) mass is 379 g/mol. The van der Waals surface area contributed by atoms with Crippen molar-refractivity contribution >= 4 is 11.8 Å². The number of carbonyl (C=O) groups is 2. The lowest BCUT2D eigenvalue weighted by atomic mass is 9.82. The third-order valence-corrected chi connectivity index (χ3v) is 5.36. The SMILES string of the molecule is COC(=O)C1CCc2ccc(CC(=O)c3cc(C)cc(CN(C)C)c3)cc2C1. The predicted molar refractivity (Wildman–Crippen MR) is 111 cm³/mol. The molecule has 0 N–H and O–H groups in total. The summed E-state index contributed by atoms with van der Waals surface area (Å²) in [6.45, 7) is 2.84. The molecule has 0 fully saturated rings. The number of hydrogen-bond acceptors (Lipinski definition) is 4. The highest BCUT2D eigenvalue weighted by atomic mass is 16.5. The minimum atomic E-state index is -0.139. The van der Waals surface area contributed by atoms with Crippen molar-refractivity contribution in [1.29, 1.82) is 0 Å². The van der Waals surface area contributed by atoms with Crippen molar-refractivity contribution in [1.82, 2.24) is 4.90 Å². The second-order valence-electron chi connectivity index (χ2n) is 8.11. The van der Waals surface area contributed by atoms with Crippen LogP contribution < -0.4 is 0 Å². The minimum absolute atomic E-state index is 0.0752. The van der Waals surface area contributed by atoms with Crippen LogP contribution in [0.1, 0.15) is 44.6 Å². The molecule has 4 heteroatoms. The van der Waals surface area contributed by atoms with Crippen molar-refractivity contribution in [3.05, 3.63) is 69.8 Å². The lowest BCUT2D eigenvalue weighted by molar-refractivity contribution is -0.145. The molecule has 28 heavy (non-hydrogen) atoms. The Morgan fingerprint density at radius 1 is 1.07 bits per heavy atom. The number of rotatable bonds is 6. The molecule has 0 amide bonds. The van der Waals surface area contributed by atoms with E-state index >= 15 is 0 Å². The van der Waals surface area contributed by atoms with Crippen LogP contribution >= 0.6 is 0 Å². The van der Waals surface area contributed by atoms with Gasteiger partial charge in [-0.25, -0.2) is 0 Å². The highest BCUT2D eigenvalue weighted by Gasteiger charge is 2.25. The van der Waals surface area contributed by atoms with Gasteiger partial charge in [0.15, 0.2) is 5.78 Å². The van der Waals surface area contributed by atoms with E-state index in [2.05, 4.69) is 23.1 Å². The molecule has 1 aliphatic rings. The summed E-state index contributed by atoms with van der Waals surface area (Å²) in [5.74, 6) is -0.0851. The molecule has 1 unspecified atom stereocenters. The molecule has 0 spiro atoms. The maximum Gasteiger partial charge on any atom is 0.309 e. The first-order valence-corrected chi connectivity index (χ1v) is 9.82. The Bertz CT molecular complexity index is 885. The number of fused-ring (bicyclic) bond motifs is 1. The molecular weight excluding hydrogens is 350 g/mol. The zero-order chi connectivity index (χ0) is 20.3. The summed E-state index contributed by atoms with van der Waals surface area (Å²) in [5.41, 5.74) is 6.48. The smallest absolute Gasteiger partial charge is 0.309 e. The second kappa shape index (κ2) is 8.70. The first-order valence-electron chi connectivity index (χ1n) is 9.82. The quantitative estimate of drug-likeness (QED) is 0.566. The van der Waals surface area contributed by atoms with Crippen LogP contribution in [0, 0.1) is 12.8 Å². The van der Waals surface area contributed by atoms with Gasteiger partial charge in [0.25, 0.3) is 0 Å². The molecule has 1 aliphatic carbocycles. The molecular formula is C24H29NO3. The van der Waals surface area contributed by atoms with Gasteiger partial charge in [-0.15, -0.1) is 0 Å². The third-order valence-electron chi connectivity index (χ3n) is 5.36. The molecule has 0 heterocycles. The van der Waals surface area contributed by atoms with E-state index in [1.54, 1.807) is 0 Å². The predicted octanol–water partition coefficient (Wildman–Crippen LogP) is 3.76. The first-order chi connectivity index (χ1) is 13.4. The molecule has 4 nitrogen and oxygen atoms in total. The van der Waals surface area contributed by atoms with Gasteiger partial charge in [0, 0.05) is 18.5 Å². The number of Topliss-reactive ketones (excluding diaryl/α,β-unsaturated/α-hetero) is 1. The maximum atomic E-state index is 12.9. The number of carbonyl (C=O) groups excluding carboxylic acids is 2. The van der Waals surface area contributed by atoms with E-state index in [-0.39, 0.29) is 17.7 Å². The van der Waals surface area contributed by atoms with Crippen LogP contribution in [0.2, 0.25) is 0 Å². The van der Waals surface area contributed by atoms with Crippen LogP contribution in [0.25, 0.3) is 0 Å². The van der Waals surface area contributed by atoms with Crippen LogP contribution in [0.4, 0.5) is 0 Å². The number of esters is 1. The molecule has 1 atom stereocenters. The van der Waals surface area contributed by atoms with Crippen molar-refractivity contribution in [2.24, 2.45) is 5.92 Å². The van der Waals surface area contributed by atoms with E-state index in [0.29, 0.717) is 12.8 Å². The lowest BCUT2D eigenvalue weighted by Gasteiger charge is -2.23. The molecule has 2 aromatic rings. The Labute approximate surface area is 167 Å². The molecule has 0 saturated carbocycles. The fourth-order valence-electron chi connectivity index (χ4n) is 4.06. The van der Waals surface area contributed by atoms with Crippen molar-refractivity contribution < 1.29 is 14.3 Å². The van der Waals surface area contributed by atoms with Gasteiger partial charge in [0.1, 0.15) is 0 Å². The van der Waals surface area contributed by atoms with Gasteiger partial charge in [-0.2, -0.15) is 0 Å². The van der Waals surface area contributed by atoms with E-state index in [1.165, 1.54) is 18.2 Å². The standard InChI is InChI=1S/C24H29NO3/c1-16-9-18(15-25(2)3)12-22(10-16)23(26)13-17-5-6-19-7-8-20(24(27)28-4)14-21(19)11-17/h5-6,9-12,20H,7-8,13-15H2,1-4H3. The topological polar surface area (TPSA) is 46.6 Å². The Morgan fingerprint density at radius 3 is 2.57 bits per heavy atom. The van der Waals surface area contributed by atoms with Gasteiger partial charge in [-0.1, -0.05) is 29.8 Å². The maximum absolute atomic E-state index is 12.9. The normalized spacial score (nSPS) is 16.0. The van der Waals surface area contributed by atoms with E-state index in [4.69, 9.17) is 4.74 Å². The second-order valence-corrected chi connectivity index (χ2v) is 8.11. The molecule has 0 aromatic heterocycles. The van der Waals surface area contributed by atoms with Crippen molar-refractivity contribution in [2.75, 3.05) is 21.2 Å². The number of nitrogens with zero attached hydrogens (tertiary/aromatic N) is 1. The van der Waals surface area contributed by atoms with Gasteiger partial charge in [-0.05, 0) is 74.7 Å². The van der Waals surface area contributed by atoms with E-state index in [9.17, 15) is 9.59 Å². The number of ketones is 1. The van der Waals surface area contributed by atoms with Gasteiger partial charge >= 0.3 is 5.97 Å².